The molecule has 0 aromatic heterocycles. The Balaban J connectivity index is 2.30. The molecule has 0 radical (unpaired) electrons. The lowest BCUT2D eigenvalue weighted by Gasteiger charge is -2.41. The number of hydrogen-bond donors (Lipinski definition) is 2. The number of nitrogen functional groups attached to an aromatic ring is 1. The van der Waals surface area contributed by atoms with E-state index < -0.39 is 9.84 Å². The van der Waals surface area contributed by atoms with Crippen LogP contribution >= 0.6 is 0 Å². The predicted octanol–water partition coefficient (Wildman–Crippen LogP) is 1.34. The van der Waals surface area contributed by atoms with Gasteiger partial charge in [-0.1, -0.05) is 12.5 Å². The number of rotatable bonds is 4. The SMILES string of the molecule is CS(=O)(=O)c1cc(CC2(CN)CCC2)ccc1N. The molecule has 4 nitrogen and oxygen atoms in total. The number of hydrogen-bond acceptors (Lipinski definition) is 4. The van der Waals surface area contributed by atoms with Crippen molar-refractivity contribution < 1.29 is 8.42 Å². The lowest BCUT2D eigenvalue weighted by atomic mass is 9.65. The highest BCUT2D eigenvalue weighted by molar-refractivity contribution is 7.90. The Morgan fingerprint density at radius 1 is 1.33 bits per heavy atom. The average Bonchev–Trinajstić information content (AvgIpc) is 2.24. The summed E-state index contributed by atoms with van der Waals surface area (Å²) in [4.78, 5) is 0.228. The van der Waals surface area contributed by atoms with Gasteiger partial charge in [0.05, 0.1) is 10.6 Å². The van der Waals surface area contributed by atoms with E-state index in [9.17, 15) is 8.42 Å². The van der Waals surface area contributed by atoms with Crippen LogP contribution in [-0.2, 0) is 16.3 Å². The third-order valence-electron chi connectivity index (χ3n) is 3.90. The number of anilines is 1. The van der Waals surface area contributed by atoms with Crippen molar-refractivity contribution in [1.29, 1.82) is 0 Å². The zero-order valence-corrected chi connectivity index (χ0v) is 11.5. The lowest BCUT2D eigenvalue weighted by Crippen LogP contribution is -2.39. The van der Waals surface area contributed by atoms with E-state index in [2.05, 4.69) is 0 Å². The van der Waals surface area contributed by atoms with Gasteiger partial charge in [-0.25, -0.2) is 8.42 Å². The molecule has 0 spiro atoms. The molecule has 0 atom stereocenters. The maximum absolute atomic E-state index is 11.6. The van der Waals surface area contributed by atoms with Gasteiger partial charge >= 0.3 is 0 Å². The minimum absolute atomic E-state index is 0.172. The first-order valence-corrected chi connectivity index (χ1v) is 8.04. The standard InChI is InChI=1S/C13H20N2O2S/c1-18(16,17)12-7-10(3-4-11(12)15)8-13(9-14)5-2-6-13/h3-4,7H,2,5-6,8-9,14-15H2,1H3. The van der Waals surface area contributed by atoms with Crippen molar-refractivity contribution in [2.45, 2.75) is 30.6 Å². The minimum Gasteiger partial charge on any atom is -0.398 e. The Kier molecular flexibility index (Phi) is 3.38. The molecule has 5 heteroatoms. The van der Waals surface area contributed by atoms with E-state index in [-0.39, 0.29) is 10.3 Å². The van der Waals surface area contributed by atoms with Crippen LogP contribution in [0.2, 0.25) is 0 Å². The van der Waals surface area contributed by atoms with E-state index in [1.807, 2.05) is 6.07 Å². The van der Waals surface area contributed by atoms with Crippen molar-refractivity contribution in [2.24, 2.45) is 11.1 Å². The topological polar surface area (TPSA) is 86.2 Å². The molecule has 1 saturated carbocycles. The maximum Gasteiger partial charge on any atom is 0.177 e. The van der Waals surface area contributed by atoms with Crippen LogP contribution in [0.5, 0.6) is 0 Å². The summed E-state index contributed by atoms with van der Waals surface area (Å²) in [5.41, 5.74) is 13.0. The first-order chi connectivity index (χ1) is 8.36. The summed E-state index contributed by atoms with van der Waals surface area (Å²) in [6.45, 7) is 0.658. The third kappa shape index (κ3) is 2.52. The molecule has 18 heavy (non-hydrogen) atoms. The Hall–Kier alpha value is -1.07. The Morgan fingerprint density at radius 2 is 2.00 bits per heavy atom. The monoisotopic (exact) mass is 268 g/mol. The molecule has 1 fully saturated rings. The van der Waals surface area contributed by atoms with Gasteiger partial charge in [-0.05, 0) is 48.9 Å². The zero-order valence-electron chi connectivity index (χ0n) is 10.6. The Bertz CT molecular complexity index is 543. The van der Waals surface area contributed by atoms with E-state index in [4.69, 9.17) is 11.5 Å². The highest BCUT2D eigenvalue weighted by atomic mass is 32.2. The molecule has 4 N–H and O–H groups in total. The fourth-order valence-corrected chi connectivity index (χ4v) is 3.43. The van der Waals surface area contributed by atoms with Crippen molar-refractivity contribution in [3.05, 3.63) is 23.8 Å². The molecule has 0 heterocycles. The third-order valence-corrected chi connectivity index (χ3v) is 5.06. The van der Waals surface area contributed by atoms with Crippen LogP contribution in [0.3, 0.4) is 0 Å². The van der Waals surface area contributed by atoms with Gasteiger partial charge in [0, 0.05) is 6.26 Å². The van der Waals surface area contributed by atoms with E-state index in [1.165, 1.54) is 12.7 Å². The molecule has 0 unspecified atom stereocenters. The van der Waals surface area contributed by atoms with Crippen LogP contribution in [0, 0.1) is 5.41 Å². The summed E-state index contributed by atoms with van der Waals surface area (Å²) < 4.78 is 23.2. The molecule has 1 aliphatic rings. The van der Waals surface area contributed by atoms with Gasteiger partial charge < -0.3 is 11.5 Å². The molecule has 100 valence electrons. The molecule has 0 bridgehead atoms. The summed E-state index contributed by atoms with van der Waals surface area (Å²) in [7, 11) is -3.26. The minimum atomic E-state index is -3.26. The second-order valence-corrected chi connectivity index (χ2v) is 7.36. The summed E-state index contributed by atoms with van der Waals surface area (Å²) >= 11 is 0. The largest absolute Gasteiger partial charge is 0.398 e. The van der Waals surface area contributed by atoms with Gasteiger partial charge in [0.15, 0.2) is 9.84 Å². The number of benzene rings is 1. The summed E-state index contributed by atoms with van der Waals surface area (Å²) in [6.07, 6.45) is 5.49. The van der Waals surface area contributed by atoms with Gasteiger partial charge in [0.25, 0.3) is 0 Å². The van der Waals surface area contributed by atoms with Crippen LogP contribution < -0.4 is 11.5 Å². The zero-order chi connectivity index (χ0) is 13.4. The van der Waals surface area contributed by atoms with Crippen molar-refractivity contribution in [2.75, 3.05) is 18.5 Å². The molecule has 1 aliphatic carbocycles. The van der Waals surface area contributed by atoms with E-state index in [0.717, 1.165) is 24.8 Å². The molecule has 1 aromatic rings. The van der Waals surface area contributed by atoms with Gasteiger partial charge in [-0.2, -0.15) is 0 Å². The summed E-state index contributed by atoms with van der Waals surface area (Å²) in [5.74, 6) is 0. The second-order valence-electron chi connectivity index (χ2n) is 5.38. The first-order valence-electron chi connectivity index (χ1n) is 6.15. The maximum atomic E-state index is 11.6. The Labute approximate surface area is 108 Å². The number of sulfone groups is 1. The van der Waals surface area contributed by atoms with E-state index in [0.29, 0.717) is 12.2 Å². The summed E-state index contributed by atoms with van der Waals surface area (Å²) in [5, 5.41) is 0. The highest BCUT2D eigenvalue weighted by Gasteiger charge is 2.35. The highest BCUT2D eigenvalue weighted by Crippen LogP contribution is 2.43. The summed E-state index contributed by atoms with van der Waals surface area (Å²) in [6, 6.07) is 5.27. The molecular formula is C13H20N2O2S. The van der Waals surface area contributed by atoms with Gasteiger partial charge in [0.1, 0.15) is 0 Å². The van der Waals surface area contributed by atoms with Crippen molar-refractivity contribution in [3.8, 4) is 0 Å². The fraction of sp³-hybridized carbons (Fsp3) is 0.538. The molecule has 2 rings (SSSR count). The first kappa shape index (κ1) is 13.4. The molecule has 0 amide bonds. The predicted molar refractivity (Wildman–Crippen MR) is 73.0 cm³/mol. The van der Waals surface area contributed by atoms with Gasteiger partial charge in [-0.15, -0.1) is 0 Å². The normalized spacial score (nSPS) is 18.3. The number of nitrogens with two attached hydrogens (primary N) is 2. The fourth-order valence-electron chi connectivity index (χ4n) is 2.57. The molecule has 0 aliphatic heterocycles. The molecule has 1 aromatic carbocycles. The molecule has 0 saturated heterocycles. The van der Waals surface area contributed by atoms with E-state index in [1.54, 1.807) is 12.1 Å². The molecular weight excluding hydrogens is 248 g/mol. The van der Waals surface area contributed by atoms with Crippen LogP contribution in [0.25, 0.3) is 0 Å². The van der Waals surface area contributed by atoms with Crippen molar-refractivity contribution in [1.82, 2.24) is 0 Å². The lowest BCUT2D eigenvalue weighted by molar-refractivity contribution is 0.145. The Morgan fingerprint density at radius 3 is 2.44 bits per heavy atom. The van der Waals surface area contributed by atoms with Crippen LogP contribution in [0.1, 0.15) is 24.8 Å². The second kappa shape index (κ2) is 4.55. The average molecular weight is 268 g/mol. The van der Waals surface area contributed by atoms with Crippen LogP contribution in [0.15, 0.2) is 23.1 Å². The smallest absolute Gasteiger partial charge is 0.177 e. The quantitative estimate of drug-likeness (QED) is 0.807. The van der Waals surface area contributed by atoms with Crippen molar-refractivity contribution >= 4 is 15.5 Å². The van der Waals surface area contributed by atoms with Crippen molar-refractivity contribution in [3.63, 3.8) is 0 Å². The van der Waals surface area contributed by atoms with Gasteiger partial charge in [-0.3, -0.25) is 0 Å². The van der Waals surface area contributed by atoms with Crippen LogP contribution in [-0.4, -0.2) is 21.2 Å². The van der Waals surface area contributed by atoms with Crippen LogP contribution in [0.4, 0.5) is 5.69 Å². The van der Waals surface area contributed by atoms with E-state index >= 15 is 0 Å². The van der Waals surface area contributed by atoms with Gasteiger partial charge in [0.2, 0.25) is 0 Å².